The molecule has 1 amide bonds. The second-order valence-electron chi connectivity index (χ2n) is 9.94. The maximum absolute atomic E-state index is 12.1. The Morgan fingerprint density at radius 3 is 2.65 bits per heavy atom. The largest absolute Gasteiger partial charge is 0.465 e. The number of sulfonamides is 1. The Morgan fingerprint density at radius 1 is 1.29 bits per heavy atom. The van der Waals surface area contributed by atoms with Gasteiger partial charge in [-0.2, -0.15) is 0 Å². The van der Waals surface area contributed by atoms with Gasteiger partial charge < -0.3 is 24.7 Å². The molecule has 1 heterocycles. The standard InChI is InChI=1S/C23H40N2O7SSi/c1-6-18-8-7-9-22(31-18)32-21(23(24)26)15-17-10-11-20(19(14-17)25-33(2,27)28)30-16-29-12-13-34(3,4)5/h10-11,14,18,21-22,25H,6-9,12-13,15-16H2,1-5H3,(H2,24,26). The summed E-state index contributed by atoms with van der Waals surface area (Å²) in [6.07, 6.45) is 3.48. The zero-order chi connectivity index (χ0) is 25.4. The predicted octanol–water partition coefficient (Wildman–Crippen LogP) is 3.47. The lowest BCUT2D eigenvalue weighted by molar-refractivity contribution is -0.214. The van der Waals surface area contributed by atoms with Crippen LogP contribution in [-0.2, 0) is 35.4 Å². The Hall–Kier alpha value is -1.66. The molecule has 0 aromatic heterocycles. The van der Waals surface area contributed by atoms with Crippen LogP contribution >= 0.6 is 0 Å². The molecule has 0 radical (unpaired) electrons. The van der Waals surface area contributed by atoms with Crippen molar-refractivity contribution in [1.29, 1.82) is 0 Å². The number of amides is 1. The molecule has 3 atom stereocenters. The monoisotopic (exact) mass is 516 g/mol. The molecule has 0 aliphatic carbocycles. The SMILES string of the molecule is CCC1CCCC(OC(Cc2ccc(OCOCC[Si](C)(C)C)c(NS(C)(=O)=O)c2)C(N)=O)O1. The Kier molecular flexibility index (Phi) is 10.8. The van der Waals surface area contributed by atoms with Crippen LogP contribution in [0.25, 0.3) is 0 Å². The maximum Gasteiger partial charge on any atom is 0.247 e. The second kappa shape index (κ2) is 12.9. The second-order valence-corrected chi connectivity index (χ2v) is 17.3. The van der Waals surface area contributed by atoms with E-state index in [2.05, 4.69) is 31.3 Å². The van der Waals surface area contributed by atoms with Crippen LogP contribution in [-0.4, -0.2) is 60.6 Å². The Bertz CT molecular complexity index is 905. The van der Waals surface area contributed by atoms with Gasteiger partial charge in [0.15, 0.2) is 13.1 Å². The van der Waals surface area contributed by atoms with Gasteiger partial charge in [0.25, 0.3) is 0 Å². The number of hydrogen-bond donors (Lipinski definition) is 2. The van der Waals surface area contributed by atoms with Crippen molar-refractivity contribution in [3.63, 3.8) is 0 Å². The van der Waals surface area contributed by atoms with Crippen LogP contribution in [0.4, 0.5) is 5.69 Å². The van der Waals surface area contributed by atoms with Crippen molar-refractivity contribution in [2.45, 2.75) is 83.2 Å². The van der Waals surface area contributed by atoms with Crippen molar-refractivity contribution in [2.75, 3.05) is 24.4 Å². The molecule has 194 valence electrons. The number of carbonyl (C=O) groups is 1. The highest BCUT2D eigenvalue weighted by molar-refractivity contribution is 7.92. The van der Waals surface area contributed by atoms with Crippen molar-refractivity contribution >= 4 is 29.7 Å². The summed E-state index contributed by atoms with van der Waals surface area (Å²) in [4.78, 5) is 12.1. The Labute approximate surface area is 204 Å². The van der Waals surface area contributed by atoms with Gasteiger partial charge in [-0.05, 0) is 49.4 Å². The fourth-order valence-corrected chi connectivity index (χ4v) is 4.84. The first-order chi connectivity index (χ1) is 15.9. The molecule has 0 bridgehead atoms. The van der Waals surface area contributed by atoms with Gasteiger partial charge >= 0.3 is 0 Å². The van der Waals surface area contributed by atoms with Gasteiger partial charge in [0.05, 0.1) is 18.0 Å². The molecule has 3 N–H and O–H groups in total. The van der Waals surface area contributed by atoms with Gasteiger partial charge in [0.2, 0.25) is 15.9 Å². The average molecular weight is 517 g/mol. The number of nitrogens with two attached hydrogens (primary N) is 1. The number of hydrogen-bond acceptors (Lipinski definition) is 7. The van der Waals surface area contributed by atoms with Crippen molar-refractivity contribution in [1.82, 2.24) is 0 Å². The summed E-state index contributed by atoms with van der Waals surface area (Å²) < 4.78 is 49.3. The van der Waals surface area contributed by atoms with Crippen molar-refractivity contribution < 1.29 is 32.2 Å². The molecule has 0 spiro atoms. The van der Waals surface area contributed by atoms with Crippen LogP contribution < -0.4 is 15.2 Å². The van der Waals surface area contributed by atoms with E-state index in [0.717, 1.165) is 31.6 Å². The van der Waals surface area contributed by atoms with Gasteiger partial charge in [0, 0.05) is 21.1 Å². The number of anilines is 1. The molecular weight excluding hydrogens is 476 g/mol. The molecule has 1 fully saturated rings. The molecule has 1 aliphatic rings. The molecule has 1 aliphatic heterocycles. The molecular formula is C23H40N2O7SSi. The summed E-state index contributed by atoms with van der Waals surface area (Å²) in [5.41, 5.74) is 6.53. The summed E-state index contributed by atoms with van der Waals surface area (Å²) in [6.45, 7) is 9.42. The maximum atomic E-state index is 12.1. The summed E-state index contributed by atoms with van der Waals surface area (Å²) in [5, 5.41) is 0. The van der Waals surface area contributed by atoms with Crippen LogP contribution in [0, 0.1) is 0 Å². The van der Waals surface area contributed by atoms with Gasteiger partial charge in [-0.1, -0.05) is 32.6 Å². The minimum atomic E-state index is -3.56. The minimum Gasteiger partial charge on any atom is -0.465 e. The third kappa shape index (κ3) is 10.7. The number of benzene rings is 1. The lowest BCUT2D eigenvalue weighted by Crippen LogP contribution is -2.39. The minimum absolute atomic E-state index is 0.00685. The Morgan fingerprint density at radius 2 is 2.03 bits per heavy atom. The van der Waals surface area contributed by atoms with E-state index < -0.39 is 36.4 Å². The number of primary amides is 1. The van der Waals surface area contributed by atoms with Crippen molar-refractivity contribution in [2.24, 2.45) is 5.73 Å². The molecule has 11 heteroatoms. The molecule has 0 saturated carbocycles. The highest BCUT2D eigenvalue weighted by atomic mass is 32.2. The van der Waals surface area contributed by atoms with Crippen LogP contribution in [0.15, 0.2) is 18.2 Å². The molecule has 34 heavy (non-hydrogen) atoms. The van der Waals surface area contributed by atoms with Crippen LogP contribution in [0.5, 0.6) is 5.75 Å². The molecule has 1 saturated heterocycles. The number of nitrogens with one attached hydrogen (secondary N) is 1. The predicted molar refractivity (Wildman–Crippen MR) is 135 cm³/mol. The molecule has 9 nitrogen and oxygen atoms in total. The van der Waals surface area contributed by atoms with E-state index in [0.29, 0.717) is 24.3 Å². The number of rotatable bonds is 14. The van der Waals surface area contributed by atoms with E-state index in [1.165, 1.54) is 0 Å². The first-order valence-electron chi connectivity index (χ1n) is 11.8. The third-order valence-electron chi connectivity index (χ3n) is 5.45. The topological polar surface area (TPSA) is 126 Å². The van der Waals surface area contributed by atoms with Crippen molar-refractivity contribution in [3.05, 3.63) is 23.8 Å². The Balaban J connectivity index is 2.08. The fourth-order valence-electron chi connectivity index (χ4n) is 3.53. The summed E-state index contributed by atoms with van der Waals surface area (Å²) in [6, 6.07) is 6.02. The fraction of sp³-hybridized carbons (Fsp3) is 0.696. The summed E-state index contributed by atoms with van der Waals surface area (Å²) in [7, 11) is -4.77. The van der Waals surface area contributed by atoms with Gasteiger partial charge in [-0.3, -0.25) is 9.52 Å². The van der Waals surface area contributed by atoms with Crippen LogP contribution in [0.1, 0.15) is 38.2 Å². The number of carbonyl (C=O) groups excluding carboxylic acids is 1. The van der Waals surface area contributed by atoms with E-state index in [1.54, 1.807) is 18.2 Å². The highest BCUT2D eigenvalue weighted by Gasteiger charge is 2.27. The zero-order valence-electron chi connectivity index (χ0n) is 21.0. The van der Waals surface area contributed by atoms with Gasteiger partial charge in [0.1, 0.15) is 11.9 Å². The quantitative estimate of drug-likeness (QED) is 0.220. The van der Waals surface area contributed by atoms with E-state index in [9.17, 15) is 13.2 Å². The summed E-state index contributed by atoms with van der Waals surface area (Å²) >= 11 is 0. The normalized spacial score (nSPS) is 20.0. The van der Waals surface area contributed by atoms with E-state index in [1.807, 2.05) is 0 Å². The van der Waals surface area contributed by atoms with E-state index >= 15 is 0 Å². The summed E-state index contributed by atoms with van der Waals surface area (Å²) in [5.74, 6) is -0.268. The van der Waals surface area contributed by atoms with E-state index in [4.69, 9.17) is 24.7 Å². The first-order valence-corrected chi connectivity index (χ1v) is 17.4. The third-order valence-corrected chi connectivity index (χ3v) is 7.75. The average Bonchev–Trinajstić information content (AvgIpc) is 2.72. The van der Waals surface area contributed by atoms with Crippen LogP contribution in [0.2, 0.25) is 25.7 Å². The zero-order valence-corrected chi connectivity index (χ0v) is 22.8. The molecule has 1 aromatic rings. The lowest BCUT2D eigenvalue weighted by Gasteiger charge is -2.31. The highest BCUT2D eigenvalue weighted by Crippen LogP contribution is 2.29. The van der Waals surface area contributed by atoms with E-state index in [-0.39, 0.29) is 25.0 Å². The molecule has 3 unspecified atom stereocenters. The smallest absolute Gasteiger partial charge is 0.247 e. The first kappa shape index (κ1) is 28.6. The number of ether oxygens (including phenoxy) is 4. The van der Waals surface area contributed by atoms with Crippen molar-refractivity contribution in [3.8, 4) is 5.75 Å². The molecule has 1 aromatic carbocycles. The van der Waals surface area contributed by atoms with Gasteiger partial charge in [-0.25, -0.2) is 8.42 Å². The lowest BCUT2D eigenvalue weighted by atomic mass is 10.0. The van der Waals surface area contributed by atoms with Gasteiger partial charge in [-0.15, -0.1) is 0 Å². The molecule has 2 rings (SSSR count). The van der Waals surface area contributed by atoms with Crippen LogP contribution in [0.3, 0.4) is 0 Å².